The van der Waals surface area contributed by atoms with Gasteiger partial charge in [0.25, 0.3) is 0 Å². The maximum Gasteiger partial charge on any atom is 0.227 e. The number of carbonyl (C=O) groups excluding carboxylic acids is 2. The lowest BCUT2D eigenvalue weighted by Gasteiger charge is -2.28. The molecule has 21 heavy (non-hydrogen) atoms. The number of rotatable bonds is 8. The van der Waals surface area contributed by atoms with Gasteiger partial charge in [-0.15, -0.1) is 0 Å². The molecule has 0 aliphatic carbocycles. The molecule has 1 aromatic rings. The second-order valence-corrected chi connectivity index (χ2v) is 4.99. The first kappa shape index (κ1) is 17.1. The van der Waals surface area contributed by atoms with Gasteiger partial charge in [-0.1, -0.05) is 13.8 Å². The van der Waals surface area contributed by atoms with E-state index in [0.717, 1.165) is 0 Å². The van der Waals surface area contributed by atoms with Crippen molar-refractivity contribution in [2.75, 3.05) is 18.4 Å². The molecule has 0 bridgehead atoms. The Kier molecular flexibility index (Phi) is 6.81. The predicted octanol–water partition coefficient (Wildman–Crippen LogP) is 1.29. The van der Waals surface area contributed by atoms with Crippen LogP contribution in [0.2, 0.25) is 0 Å². The predicted molar refractivity (Wildman–Crippen MR) is 82.6 cm³/mol. The Morgan fingerprint density at radius 2 is 2.05 bits per heavy atom. The fourth-order valence-corrected chi connectivity index (χ4v) is 2.09. The van der Waals surface area contributed by atoms with Crippen molar-refractivity contribution in [3.63, 3.8) is 0 Å². The Hall–Kier alpha value is -1.95. The summed E-state index contributed by atoms with van der Waals surface area (Å²) >= 11 is 0. The first-order valence-corrected chi connectivity index (χ1v) is 7.26. The maximum atomic E-state index is 12.2. The van der Waals surface area contributed by atoms with Crippen molar-refractivity contribution in [1.29, 1.82) is 0 Å². The Morgan fingerprint density at radius 3 is 2.57 bits per heavy atom. The number of amides is 2. The van der Waals surface area contributed by atoms with Gasteiger partial charge < -0.3 is 16.4 Å². The molecule has 0 atom stereocenters. The van der Waals surface area contributed by atoms with Gasteiger partial charge >= 0.3 is 0 Å². The molecule has 0 radical (unpaired) electrons. The van der Waals surface area contributed by atoms with E-state index in [0.29, 0.717) is 31.6 Å². The summed E-state index contributed by atoms with van der Waals surface area (Å²) in [5, 5.41) is 5.52. The van der Waals surface area contributed by atoms with E-state index in [2.05, 4.69) is 15.6 Å². The number of anilines is 1. The second-order valence-electron chi connectivity index (χ2n) is 4.99. The third kappa shape index (κ3) is 4.82. The smallest absolute Gasteiger partial charge is 0.227 e. The fourth-order valence-electron chi connectivity index (χ4n) is 2.09. The van der Waals surface area contributed by atoms with Crippen molar-refractivity contribution in [2.45, 2.75) is 33.1 Å². The summed E-state index contributed by atoms with van der Waals surface area (Å²) < 4.78 is 0. The van der Waals surface area contributed by atoms with Crippen molar-refractivity contribution < 1.29 is 9.59 Å². The van der Waals surface area contributed by atoms with E-state index in [4.69, 9.17) is 5.73 Å². The standard InChI is InChI=1S/C15H24N4O2/c1-3-15(4-2,11-16)14(21)18-9-7-13(20)19-12-6-5-8-17-10-12/h5-6,8,10H,3-4,7,9,11,16H2,1-2H3,(H,18,21)(H,19,20). The van der Waals surface area contributed by atoms with Crippen molar-refractivity contribution in [3.8, 4) is 0 Å². The van der Waals surface area contributed by atoms with Gasteiger partial charge in [-0.25, -0.2) is 0 Å². The van der Waals surface area contributed by atoms with Crippen LogP contribution in [0.4, 0.5) is 5.69 Å². The van der Waals surface area contributed by atoms with E-state index in [-0.39, 0.29) is 18.2 Å². The SMILES string of the molecule is CCC(CC)(CN)C(=O)NCCC(=O)Nc1cccnc1. The van der Waals surface area contributed by atoms with E-state index >= 15 is 0 Å². The topological polar surface area (TPSA) is 97.1 Å². The summed E-state index contributed by atoms with van der Waals surface area (Å²) in [5.74, 6) is -0.237. The normalized spacial score (nSPS) is 11.0. The number of nitrogens with two attached hydrogens (primary N) is 1. The highest BCUT2D eigenvalue weighted by atomic mass is 16.2. The molecule has 0 aliphatic heterocycles. The van der Waals surface area contributed by atoms with Crippen LogP contribution in [-0.4, -0.2) is 29.9 Å². The first-order chi connectivity index (χ1) is 10.1. The zero-order valence-electron chi connectivity index (χ0n) is 12.7. The molecule has 6 nitrogen and oxygen atoms in total. The minimum Gasteiger partial charge on any atom is -0.355 e. The number of hydrogen-bond acceptors (Lipinski definition) is 4. The van der Waals surface area contributed by atoms with Gasteiger partial charge in [0.05, 0.1) is 17.3 Å². The van der Waals surface area contributed by atoms with Crippen LogP contribution in [0.1, 0.15) is 33.1 Å². The number of nitrogens with zero attached hydrogens (tertiary/aromatic N) is 1. The highest BCUT2D eigenvalue weighted by Gasteiger charge is 2.32. The van der Waals surface area contributed by atoms with Crippen molar-refractivity contribution in [3.05, 3.63) is 24.5 Å². The Balaban J connectivity index is 2.39. The average molecular weight is 292 g/mol. The molecule has 0 saturated carbocycles. The highest BCUT2D eigenvalue weighted by Crippen LogP contribution is 2.24. The van der Waals surface area contributed by atoms with E-state index in [9.17, 15) is 9.59 Å². The molecule has 0 unspecified atom stereocenters. The third-order valence-corrected chi connectivity index (χ3v) is 3.81. The monoisotopic (exact) mass is 292 g/mol. The summed E-state index contributed by atoms with van der Waals surface area (Å²) in [5.41, 5.74) is 5.83. The molecule has 0 aliphatic rings. The molecule has 4 N–H and O–H groups in total. The average Bonchev–Trinajstić information content (AvgIpc) is 2.50. The maximum absolute atomic E-state index is 12.2. The van der Waals surface area contributed by atoms with Crippen molar-refractivity contribution in [2.24, 2.45) is 11.1 Å². The van der Waals surface area contributed by atoms with Gasteiger partial charge in [0.2, 0.25) is 11.8 Å². The summed E-state index contributed by atoms with van der Waals surface area (Å²) in [6.07, 6.45) is 4.80. The Morgan fingerprint density at radius 1 is 1.33 bits per heavy atom. The molecule has 6 heteroatoms. The molecule has 1 aromatic heterocycles. The number of nitrogens with one attached hydrogen (secondary N) is 2. The van der Waals surface area contributed by atoms with E-state index in [1.807, 2.05) is 13.8 Å². The largest absolute Gasteiger partial charge is 0.355 e. The van der Waals surface area contributed by atoms with Crippen LogP contribution >= 0.6 is 0 Å². The van der Waals surface area contributed by atoms with Crippen molar-refractivity contribution >= 4 is 17.5 Å². The Bertz CT molecular complexity index is 450. The highest BCUT2D eigenvalue weighted by molar-refractivity contribution is 5.91. The van der Waals surface area contributed by atoms with Crippen LogP contribution in [0.3, 0.4) is 0 Å². The van der Waals surface area contributed by atoms with Crippen LogP contribution in [0.25, 0.3) is 0 Å². The fraction of sp³-hybridized carbons (Fsp3) is 0.533. The molecule has 1 heterocycles. The third-order valence-electron chi connectivity index (χ3n) is 3.81. The second kappa shape index (κ2) is 8.36. The lowest BCUT2D eigenvalue weighted by molar-refractivity contribution is -0.131. The van der Waals surface area contributed by atoms with E-state index in [1.165, 1.54) is 0 Å². The molecule has 116 valence electrons. The van der Waals surface area contributed by atoms with E-state index in [1.54, 1.807) is 24.5 Å². The van der Waals surface area contributed by atoms with Gasteiger partial charge in [0.1, 0.15) is 0 Å². The molecule has 2 amide bonds. The minimum absolute atomic E-state index is 0.0795. The quantitative estimate of drug-likeness (QED) is 0.672. The lowest BCUT2D eigenvalue weighted by Crippen LogP contribution is -2.45. The van der Waals surface area contributed by atoms with Gasteiger partial charge in [0.15, 0.2) is 0 Å². The van der Waals surface area contributed by atoms with Gasteiger partial charge in [-0.05, 0) is 25.0 Å². The summed E-state index contributed by atoms with van der Waals surface area (Å²) in [6, 6.07) is 3.51. The first-order valence-electron chi connectivity index (χ1n) is 7.26. The van der Waals surface area contributed by atoms with Crippen LogP contribution < -0.4 is 16.4 Å². The number of aromatic nitrogens is 1. The molecular formula is C15H24N4O2. The van der Waals surface area contributed by atoms with Crippen LogP contribution in [0.15, 0.2) is 24.5 Å². The summed E-state index contributed by atoms with van der Waals surface area (Å²) in [4.78, 5) is 27.8. The zero-order valence-corrected chi connectivity index (χ0v) is 12.7. The summed E-state index contributed by atoms with van der Waals surface area (Å²) in [7, 11) is 0. The van der Waals surface area contributed by atoms with E-state index < -0.39 is 5.41 Å². The minimum atomic E-state index is -0.528. The molecule has 0 saturated heterocycles. The molecule has 0 spiro atoms. The van der Waals surface area contributed by atoms with Crippen molar-refractivity contribution in [1.82, 2.24) is 10.3 Å². The van der Waals surface area contributed by atoms with Crippen LogP contribution in [0, 0.1) is 5.41 Å². The lowest BCUT2D eigenvalue weighted by atomic mass is 9.81. The molecule has 0 aromatic carbocycles. The summed E-state index contributed by atoms with van der Waals surface area (Å²) in [6.45, 7) is 4.51. The zero-order chi connectivity index (χ0) is 15.7. The van der Waals surface area contributed by atoms with Crippen LogP contribution in [-0.2, 0) is 9.59 Å². The Labute approximate surface area is 125 Å². The molecule has 0 fully saturated rings. The number of carbonyl (C=O) groups is 2. The number of hydrogen-bond donors (Lipinski definition) is 3. The molecular weight excluding hydrogens is 268 g/mol. The molecule has 1 rings (SSSR count). The van der Waals surface area contributed by atoms with Gasteiger partial charge in [0, 0.05) is 25.7 Å². The van der Waals surface area contributed by atoms with Crippen LogP contribution in [0.5, 0.6) is 0 Å². The number of pyridine rings is 1. The van der Waals surface area contributed by atoms with Gasteiger partial charge in [-0.3, -0.25) is 14.6 Å². The van der Waals surface area contributed by atoms with Gasteiger partial charge in [-0.2, -0.15) is 0 Å².